The number of nitrogens with zero attached hydrogens (tertiary/aromatic N) is 4. The molecule has 150 valence electrons. The molecule has 0 bridgehead atoms. The number of amides is 1. The Balaban J connectivity index is 1.90. The van der Waals surface area contributed by atoms with Crippen LogP contribution in [-0.2, 0) is 24.9 Å². The molecule has 0 aliphatic rings. The number of para-hydroxylation sites is 2. The van der Waals surface area contributed by atoms with Crippen molar-refractivity contribution in [1.82, 2.24) is 14.0 Å². The molecule has 3 rings (SSSR count). The first-order valence-corrected chi connectivity index (χ1v) is 8.67. The molecule has 0 aliphatic carbocycles. The van der Waals surface area contributed by atoms with E-state index in [4.69, 9.17) is 5.26 Å². The van der Waals surface area contributed by atoms with Gasteiger partial charge in [-0.2, -0.15) is 18.4 Å². The lowest BCUT2D eigenvalue weighted by Gasteiger charge is -2.24. The summed E-state index contributed by atoms with van der Waals surface area (Å²) in [5.41, 5.74) is 1.39. The summed E-state index contributed by atoms with van der Waals surface area (Å²) in [5, 5.41) is 8.83. The number of hydrogen-bond acceptors (Lipinski definition) is 3. The van der Waals surface area contributed by atoms with Crippen molar-refractivity contribution in [3.8, 4) is 6.07 Å². The Labute approximate surface area is 164 Å². The van der Waals surface area contributed by atoms with Gasteiger partial charge in [-0.3, -0.25) is 13.9 Å². The molecule has 0 spiro atoms. The minimum absolute atomic E-state index is 0.288. The third-order valence-electron chi connectivity index (χ3n) is 4.52. The highest BCUT2D eigenvalue weighted by Gasteiger charge is 2.33. The van der Waals surface area contributed by atoms with Crippen LogP contribution in [0.25, 0.3) is 11.0 Å². The third-order valence-corrected chi connectivity index (χ3v) is 4.52. The molecule has 0 fully saturated rings. The summed E-state index contributed by atoms with van der Waals surface area (Å²) in [6.45, 7) is -2.23. The van der Waals surface area contributed by atoms with Gasteiger partial charge in [0.25, 0.3) is 0 Å². The van der Waals surface area contributed by atoms with Gasteiger partial charge in [-0.25, -0.2) is 4.79 Å². The third kappa shape index (κ3) is 4.48. The van der Waals surface area contributed by atoms with E-state index < -0.39 is 30.9 Å². The Morgan fingerprint density at radius 2 is 1.72 bits per heavy atom. The van der Waals surface area contributed by atoms with E-state index in [2.05, 4.69) is 0 Å². The Morgan fingerprint density at radius 3 is 2.31 bits per heavy atom. The van der Waals surface area contributed by atoms with Gasteiger partial charge >= 0.3 is 11.9 Å². The van der Waals surface area contributed by atoms with E-state index in [1.165, 1.54) is 40.4 Å². The predicted octanol–water partition coefficient (Wildman–Crippen LogP) is 2.80. The number of carbonyl (C=O) groups excluding carboxylic acids is 1. The molecule has 0 atom stereocenters. The lowest BCUT2D eigenvalue weighted by Crippen LogP contribution is -2.41. The average molecular weight is 402 g/mol. The maximum atomic E-state index is 13.1. The van der Waals surface area contributed by atoms with E-state index in [1.807, 2.05) is 6.07 Å². The van der Waals surface area contributed by atoms with Gasteiger partial charge in [0.15, 0.2) is 0 Å². The predicted molar refractivity (Wildman–Crippen MR) is 99.8 cm³/mol. The number of nitriles is 1. The van der Waals surface area contributed by atoms with Crippen LogP contribution in [0.4, 0.5) is 13.2 Å². The zero-order valence-electron chi connectivity index (χ0n) is 15.5. The van der Waals surface area contributed by atoms with E-state index in [0.717, 1.165) is 0 Å². The highest BCUT2D eigenvalue weighted by atomic mass is 19.4. The summed E-state index contributed by atoms with van der Waals surface area (Å²) in [7, 11) is 1.54. The van der Waals surface area contributed by atoms with Crippen LogP contribution in [0.15, 0.2) is 53.3 Å². The van der Waals surface area contributed by atoms with Crippen molar-refractivity contribution in [2.75, 3.05) is 6.54 Å². The fourth-order valence-electron chi connectivity index (χ4n) is 3.10. The molecular weight excluding hydrogens is 385 g/mol. The first-order valence-electron chi connectivity index (χ1n) is 8.67. The first kappa shape index (κ1) is 20.2. The van der Waals surface area contributed by atoms with E-state index in [0.29, 0.717) is 27.1 Å². The maximum absolute atomic E-state index is 13.1. The fourth-order valence-corrected chi connectivity index (χ4v) is 3.10. The van der Waals surface area contributed by atoms with Gasteiger partial charge in [0.05, 0.1) is 22.7 Å². The van der Waals surface area contributed by atoms with Gasteiger partial charge in [-0.05, 0) is 29.8 Å². The van der Waals surface area contributed by atoms with Crippen molar-refractivity contribution in [2.45, 2.75) is 19.3 Å². The molecule has 1 amide bonds. The van der Waals surface area contributed by atoms with Crippen LogP contribution in [0, 0.1) is 11.3 Å². The number of benzene rings is 2. The summed E-state index contributed by atoms with van der Waals surface area (Å²) < 4.78 is 41.7. The number of imidazole rings is 1. The van der Waals surface area contributed by atoms with Crippen LogP contribution in [0.3, 0.4) is 0 Å². The Hall–Kier alpha value is -3.54. The number of rotatable bonds is 5. The quantitative estimate of drug-likeness (QED) is 0.659. The second-order valence-electron chi connectivity index (χ2n) is 6.59. The molecule has 0 unspecified atom stereocenters. The number of aromatic nitrogens is 2. The molecule has 0 aliphatic heterocycles. The number of hydrogen-bond donors (Lipinski definition) is 0. The van der Waals surface area contributed by atoms with Gasteiger partial charge in [-0.1, -0.05) is 24.3 Å². The van der Waals surface area contributed by atoms with Crippen molar-refractivity contribution in [2.24, 2.45) is 7.05 Å². The highest BCUT2D eigenvalue weighted by Crippen LogP contribution is 2.19. The Kier molecular flexibility index (Phi) is 5.46. The number of fused-ring (bicyclic) bond motifs is 1. The van der Waals surface area contributed by atoms with Crippen LogP contribution < -0.4 is 5.69 Å². The van der Waals surface area contributed by atoms with Gasteiger partial charge in [0, 0.05) is 13.6 Å². The number of aryl methyl sites for hydroxylation is 1. The van der Waals surface area contributed by atoms with Gasteiger partial charge in [0.1, 0.15) is 13.1 Å². The van der Waals surface area contributed by atoms with E-state index in [1.54, 1.807) is 24.3 Å². The number of halogens is 3. The van der Waals surface area contributed by atoms with Crippen molar-refractivity contribution in [1.29, 1.82) is 5.26 Å². The molecule has 9 heteroatoms. The van der Waals surface area contributed by atoms with Crippen LogP contribution in [-0.4, -0.2) is 32.7 Å². The smallest absolute Gasteiger partial charge is 0.328 e. The van der Waals surface area contributed by atoms with Gasteiger partial charge in [-0.15, -0.1) is 0 Å². The molecule has 0 saturated carbocycles. The molecule has 6 nitrogen and oxygen atoms in total. The van der Waals surface area contributed by atoms with Crippen molar-refractivity contribution < 1.29 is 18.0 Å². The van der Waals surface area contributed by atoms with Crippen LogP contribution in [0.2, 0.25) is 0 Å². The van der Waals surface area contributed by atoms with Crippen LogP contribution in [0.5, 0.6) is 0 Å². The zero-order chi connectivity index (χ0) is 21.2. The molecule has 0 saturated heterocycles. The minimum atomic E-state index is -4.59. The maximum Gasteiger partial charge on any atom is 0.406 e. The van der Waals surface area contributed by atoms with Crippen LogP contribution in [0.1, 0.15) is 11.1 Å². The second kappa shape index (κ2) is 7.83. The Bertz CT molecular complexity index is 1140. The zero-order valence-corrected chi connectivity index (χ0v) is 15.5. The Morgan fingerprint density at radius 1 is 1.10 bits per heavy atom. The van der Waals surface area contributed by atoms with E-state index in [-0.39, 0.29) is 6.54 Å². The molecule has 0 radical (unpaired) electrons. The van der Waals surface area contributed by atoms with E-state index in [9.17, 15) is 22.8 Å². The van der Waals surface area contributed by atoms with Crippen molar-refractivity contribution in [3.05, 3.63) is 70.1 Å². The van der Waals surface area contributed by atoms with Crippen molar-refractivity contribution >= 4 is 16.9 Å². The number of carbonyl (C=O) groups is 1. The SMILES string of the molecule is Cn1c(=O)n(CC(=O)N(Cc2ccc(C#N)cc2)CC(F)(F)F)c2ccccc21. The topological polar surface area (TPSA) is 71.0 Å². The lowest BCUT2D eigenvalue weighted by atomic mass is 10.1. The average Bonchev–Trinajstić information content (AvgIpc) is 2.92. The molecule has 1 aromatic heterocycles. The summed E-state index contributed by atoms with van der Waals surface area (Å²) in [6.07, 6.45) is -4.59. The van der Waals surface area contributed by atoms with E-state index >= 15 is 0 Å². The summed E-state index contributed by atoms with van der Waals surface area (Å²) >= 11 is 0. The monoisotopic (exact) mass is 402 g/mol. The minimum Gasteiger partial charge on any atom is -0.328 e. The van der Waals surface area contributed by atoms with Crippen molar-refractivity contribution in [3.63, 3.8) is 0 Å². The molecule has 2 aromatic carbocycles. The lowest BCUT2D eigenvalue weighted by molar-refractivity contribution is -0.162. The van der Waals surface area contributed by atoms with Gasteiger partial charge in [0.2, 0.25) is 5.91 Å². The highest BCUT2D eigenvalue weighted by molar-refractivity contribution is 5.81. The molecular formula is C20H17F3N4O2. The molecule has 0 N–H and O–H groups in total. The first-order chi connectivity index (χ1) is 13.7. The summed E-state index contributed by atoms with van der Waals surface area (Å²) in [4.78, 5) is 25.9. The normalized spacial score (nSPS) is 11.4. The summed E-state index contributed by atoms with van der Waals surface area (Å²) in [5.74, 6) is -0.829. The van der Waals surface area contributed by atoms with Gasteiger partial charge < -0.3 is 4.90 Å². The number of alkyl halides is 3. The standard InChI is InChI=1S/C20H17F3N4O2/c1-25-16-4-2-3-5-17(16)27(19(25)29)12-18(28)26(13-20(21,22)23)11-15-8-6-14(10-24)7-9-15/h2-9H,11-13H2,1H3. The largest absolute Gasteiger partial charge is 0.406 e. The fraction of sp³-hybridized carbons (Fsp3) is 0.250. The molecule has 1 heterocycles. The van der Waals surface area contributed by atoms with Crippen LogP contribution >= 0.6 is 0 Å². The second-order valence-corrected chi connectivity index (χ2v) is 6.59. The molecule has 29 heavy (non-hydrogen) atoms. The summed E-state index contributed by atoms with van der Waals surface area (Å²) in [6, 6.07) is 14.6. The molecule has 3 aromatic rings.